The molecule has 0 unspecified atom stereocenters. The number of benzene rings is 2. The van der Waals surface area contributed by atoms with Gasteiger partial charge in [0.25, 0.3) is 5.69 Å². The fourth-order valence-corrected chi connectivity index (χ4v) is 3.12. The number of nitro groups is 1. The molecule has 2 aromatic carbocycles. The Kier molecular flexibility index (Phi) is 5.19. The Hall–Kier alpha value is -2.16. The van der Waals surface area contributed by atoms with Gasteiger partial charge in [0.1, 0.15) is 10.8 Å². The smallest absolute Gasteiger partial charge is 0.289 e. The van der Waals surface area contributed by atoms with Crippen LogP contribution in [-0.4, -0.2) is 20.5 Å². The predicted octanol–water partition coefficient (Wildman–Crippen LogP) is 2.74. The van der Waals surface area contributed by atoms with E-state index in [9.17, 15) is 18.5 Å². The molecule has 0 radical (unpaired) electrons. The van der Waals surface area contributed by atoms with Gasteiger partial charge in [-0.15, -0.1) is 0 Å². The summed E-state index contributed by atoms with van der Waals surface area (Å²) in [5, 5.41) is 10.7. The van der Waals surface area contributed by atoms with Gasteiger partial charge in [-0.25, -0.2) is 13.1 Å². The second-order valence-corrected chi connectivity index (χ2v) is 6.68. The van der Waals surface area contributed by atoms with Crippen LogP contribution in [0.5, 0.6) is 5.75 Å². The van der Waals surface area contributed by atoms with Gasteiger partial charge in [-0.3, -0.25) is 10.1 Å². The molecule has 0 spiro atoms. The second-order valence-electron chi connectivity index (χ2n) is 4.51. The van der Waals surface area contributed by atoms with Crippen molar-refractivity contribution in [1.29, 1.82) is 0 Å². The Labute approximate surface area is 138 Å². The molecule has 0 aliphatic heterocycles. The van der Waals surface area contributed by atoms with Crippen molar-refractivity contribution in [2.24, 2.45) is 0 Å². The van der Waals surface area contributed by atoms with Crippen LogP contribution in [0.1, 0.15) is 5.56 Å². The maximum absolute atomic E-state index is 12.3. The first-order chi connectivity index (χ1) is 10.8. The average molecular weight is 357 g/mol. The lowest BCUT2D eigenvalue weighted by molar-refractivity contribution is -0.384. The van der Waals surface area contributed by atoms with Crippen LogP contribution >= 0.6 is 11.6 Å². The summed E-state index contributed by atoms with van der Waals surface area (Å²) < 4.78 is 32.1. The lowest BCUT2D eigenvalue weighted by Crippen LogP contribution is -2.23. The maximum Gasteiger partial charge on any atom is 0.289 e. The molecule has 9 heteroatoms. The zero-order chi connectivity index (χ0) is 17.0. The Morgan fingerprint density at radius 1 is 1.26 bits per heavy atom. The van der Waals surface area contributed by atoms with E-state index in [1.165, 1.54) is 19.2 Å². The molecular weight excluding hydrogens is 344 g/mol. The van der Waals surface area contributed by atoms with Gasteiger partial charge in [0.05, 0.1) is 16.9 Å². The van der Waals surface area contributed by atoms with Crippen molar-refractivity contribution >= 4 is 27.3 Å². The van der Waals surface area contributed by atoms with Gasteiger partial charge in [-0.05, 0) is 18.2 Å². The molecule has 7 nitrogen and oxygen atoms in total. The number of para-hydroxylation sites is 1. The van der Waals surface area contributed by atoms with Gasteiger partial charge in [0, 0.05) is 18.2 Å². The summed E-state index contributed by atoms with van der Waals surface area (Å²) in [4.78, 5) is 9.89. The van der Waals surface area contributed by atoms with Crippen molar-refractivity contribution < 1.29 is 18.1 Å². The molecule has 0 amide bonds. The summed E-state index contributed by atoms with van der Waals surface area (Å²) in [6.45, 7) is -0.0111. The molecule has 0 aliphatic carbocycles. The molecule has 23 heavy (non-hydrogen) atoms. The average Bonchev–Trinajstić information content (AvgIpc) is 2.53. The first-order valence-corrected chi connectivity index (χ1v) is 8.27. The minimum Gasteiger partial charge on any atom is -0.496 e. The number of nitrogens with zero attached hydrogens (tertiary/aromatic N) is 1. The van der Waals surface area contributed by atoms with Crippen LogP contribution in [0.3, 0.4) is 0 Å². The van der Waals surface area contributed by atoms with Crippen molar-refractivity contribution in [3.63, 3.8) is 0 Å². The van der Waals surface area contributed by atoms with Crippen LogP contribution in [0.2, 0.25) is 5.02 Å². The van der Waals surface area contributed by atoms with E-state index in [0.717, 1.165) is 6.07 Å². The van der Waals surface area contributed by atoms with E-state index in [4.69, 9.17) is 16.3 Å². The predicted molar refractivity (Wildman–Crippen MR) is 85.1 cm³/mol. The largest absolute Gasteiger partial charge is 0.496 e. The maximum atomic E-state index is 12.3. The monoisotopic (exact) mass is 356 g/mol. The second kappa shape index (κ2) is 6.95. The number of halogens is 1. The third-order valence-electron chi connectivity index (χ3n) is 3.07. The lowest BCUT2D eigenvalue weighted by Gasteiger charge is -2.10. The summed E-state index contributed by atoms with van der Waals surface area (Å²) in [6, 6.07) is 10.2. The van der Waals surface area contributed by atoms with Gasteiger partial charge >= 0.3 is 0 Å². The standard InChI is InChI=1S/C14H13ClN2O5S/c1-22-14-5-3-2-4-10(14)9-16-23(20,21)11-6-7-12(15)13(8-11)17(18)19/h2-8,16H,9H2,1H3. The molecule has 0 heterocycles. The quantitative estimate of drug-likeness (QED) is 0.633. The van der Waals surface area contributed by atoms with Crippen LogP contribution in [0.4, 0.5) is 5.69 Å². The summed E-state index contributed by atoms with van der Waals surface area (Å²) in [6.07, 6.45) is 0. The Morgan fingerprint density at radius 2 is 1.96 bits per heavy atom. The van der Waals surface area contributed by atoms with Crippen molar-refractivity contribution in [1.82, 2.24) is 4.72 Å². The van der Waals surface area contributed by atoms with E-state index in [-0.39, 0.29) is 16.5 Å². The van der Waals surface area contributed by atoms with Crippen molar-refractivity contribution in [3.05, 3.63) is 63.2 Å². The molecule has 1 N–H and O–H groups in total. The van der Waals surface area contributed by atoms with Gasteiger partial charge in [-0.2, -0.15) is 0 Å². The molecule has 2 aromatic rings. The molecule has 0 atom stereocenters. The highest BCUT2D eigenvalue weighted by molar-refractivity contribution is 7.89. The van der Waals surface area contributed by atoms with Crippen LogP contribution in [0, 0.1) is 10.1 Å². The number of rotatable bonds is 6. The van der Waals surface area contributed by atoms with Crippen molar-refractivity contribution in [3.8, 4) is 5.75 Å². The molecule has 2 rings (SSSR count). The number of ether oxygens (including phenoxy) is 1. The summed E-state index contributed by atoms with van der Waals surface area (Å²) >= 11 is 5.68. The Morgan fingerprint density at radius 3 is 2.61 bits per heavy atom. The normalized spacial score (nSPS) is 11.2. The van der Waals surface area contributed by atoms with E-state index in [0.29, 0.717) is 11.3 Å². The minimum atomic E-state index is -3.92. The van der Waals surface area contributed by atoms with Gasteiger partial charge in [0.15, 0.2) is 0 Å². The summed E-state index contributed by atoms with van der Waals surface area (Å²) in [5.74, 6) is 0.539. The summed E-state index contributed by atoms with van der Waals surface area (Å²) in [7, 11) is -2.44. The molecular formula is C14H13ClN2O5S. The van der Waals surface area contributed by atoms with E-state index >= 15 is 0 Å². The van der Waals surface area contributed by atoms with E-state index < -0.39 is 20.6 Å². The fourth-order valence-electron chi connectivity index (χ4n) is 1.90. The first kappa shape index (κ1) is 17.2. The number of nitrogens with one attached hydrogen (secondary N) is 1. The molecule has 0 saturated heterocycles. The molecule has 122 valence electrons. The fraction of sp³-hybridized carbons (Fsp3) is 0.143. The lowest BCUT2D eigenvalue weighted by atomic mass is 10.2. The van der Waals surface area contributed by atoms with E-state index in [2.05, 4.69) is 4.72 Å². The third kappa shape index (κ3) is 3.98. The van der Waals surface area contributed by atoms with Gasteiger partial charge in [-0.1, -0.05) is 29.8 Å². The SMILES string of the molecule is COc1ccccc1CNS(=O)(=O)c1ccc(Cl)c([N+](=O)[O-])c1. The van der Waals surface area contributed by atoms with E-state index in [1.54, 1.807) is 24.3 Å². The molecule has 0 saturated carbocycles. The first-order valence-electron chi connectivity index (χ1n) is 6.40. The number of hydrogen-bond donors (Lipinski definition) is 1. The highest BCUT2D eigenvalue weighted by Gasteiger charge is 2.20. The molecule has 0 bridgehead atoms. The minimum absolute atomic E-state index is 0.0111. The number of hydrogen-bond acceptors (Lipinski definition) is 5. The molecule has 0 fully saturated rings. The third-order valence-corrected chi connectivity index (χ3v) is 4.79. The molecule has 0 aliphatic rings. The van der Waals surface area contributed by atoms with Crippen LogP contribution in [-0.2, 0) is 16.6 Å². The molecule has 0 aromatic heterocycles. The van der Waals surface area contributed by atoms with Crippen molar-refractivity contribution in [2.75, 3.05) is 7.11 Å². The van der Waals surface area contributed by atoms with Crippen LogP contribution < -0.4 is 9.46 Å². The van der Waals surface area contributed by atoms with Gasteiger partial charge < -0.3 is 4.74 Å². The van der Waals surface area contributed by atoms with E-state index in [1.807, 2.05) is 0 Å². The highest BCUT2D eigenvalue weighted by atomic mass is 35.5. The summed E-state index contributed by atoms with van der Waals surface area (Å²) in [5.41, 5.74) is 0.175. The zero-order valence-electron chi connectivity index (χ0n) is 12.0. The number of methoxy groups -OCH3 is 1. The van der Waals surface area contributed by atoms with Crippen molar-refractivity contribution in [2.45, 2.75) is 11.4 Å². The zero-order valence-corrected chi connectivity index (χ0v) is 13.6. The van der Waals surface area contributed by atoms with Gasteiger partial charge in [0.2, 0.25) is 10.0 Å². The number of nitro benzene ring substituents is 1. The Bertz CT molecular complexity index is 839. The number of sulfonamides is 1. The van der Waals surface area contributed by atoms with Crippen LogP contribution in [0.25, 0.3) is 0 Å². The highest BCUT2D eigenvalue weighted by Crippen LogP contribution is 2.27. The topological polar surface area (TPSA) is 98.5 Å². The van der Waals surface area contributed by atoms with Crippen LogP contribution in [0.15, 0.2) is 47.4 Å². The Balaban J connectivity index is 2.26.